The lowest BCUT2D eigenvalue weighted by Crippen LogP contribution is -2.52. The Bertz CT molecular complexity index is 1810. The van der Waals surface area contributed by atoms with Crippen LogP contribution in [0.5, 0.6) is 5.75 Å². The number of likely N-dealkylation sites (tertiary alicyclic amines) is 1. The highest BCUT2D eigenvalue weighted by atomic mass is 32.2. The number of hydrogen-bond acceptors (Lipinski definition) is 11. The van der Waals surface area contributed by atoms with Gasteiger partial charge in [-0.25, -0.2) is 28.1 Å². The van der Waals surface area contributed by atoms with Gasteiger partial charge >= 0.3 is 12.0 Å². The van der Waals surface area contributed by atoms with Crippen LogP contribution in [-0.2, 0) is 30.1 Å². The third-order valence-electron chi connectivity index (χ3n) is 10.2. The van der Waals surface area contributed by atoms with Gasteiger partial charge in [-0.1, -0.05) is 86.6 Å². The van der Waals surface area contributed by atoms with Gasteiger partial charge in [-0.3, -0.25) is 9.59 Å². The number of carboxylic acid groups (broad SMARTS) is 1. The number of carboxylic acids is 1. The molecule has 1 aromatic carbocycles. The van der Waals surface area contributed by atoms with E-state index in [1.165, 1.54) is 32.1 Å². The van der Waals surface area contributed by atoms with Gasteiger partial charge in [-0.05, 0) is 83.5 Å². The summed E-state index contributed by atoms with van der Waals surface area (Å²) < 4.78 is 22.6. The molecule has 0 bridgehead atoms. The molecule has 2 aromatic heterocycles. The number of pyridine rings is 1. The van der Waals surface area contributed by atoms with Crippen molar-refractivity contribution in [2.24, 2.45) is 11.3 Å². The number of nitrogens with zero attached hydrogens (tertiary/aromatic N) is 4. The molecule has 1 fully saturated rings. The summed E-state index contributed by atoms with van der Waals surface area (Å²) in [6.45, 7) is 24.5. The second kappa shape index (κ2) is 37.6. The molecule has 5 atom stereocenters. The number of aliphatic carboxylic acids is 1. The highest BCUT2D eigenvalue weighted by Gasteiger charge is 2.28. The molecule has 1 aliphatic heterocycles. The van der Waals surface area contributed by atoms with Crippen LogP contribution in [-0.4, -0.2) is 132 Å². The van der Waals surface area contributed by atoms with E-state index < -0.39 is 23.0 Å². The molecule has 0 radical (unpaired) electrons. The Morgan fingerprint density at radius 2 is 1.64 bits per heavy atom. The van der Waals surface area contributed by atoms with Crippen LogP contribution >= 0.6 is 11.3 Å². The SMILES string of the molecule is CC.CCCCCCCC(C)C(NC=O)C(=O)O.CCNC(=O)N[C@H](CN(C)S(C)=O)C(C)(C)C.COC.COc1ccc2ccc(-c3csc(NC(C)C)n3)nc2c1.C[C@@H]1CCCN1C=O. The number of hydrogen-bond donors (Lipinski definition) is 5. The first-order valence-electron chi connectivity index (χ1n) is 23.5. The number of thiazole rings is 1. The zero-order valence-corrected chi connectivity index (χ0v) is 45.3. The molecule has 0 spiro atoms. The Morgan fingerprint density at radius 1 is 1.01 bits per heavy atom. The molecular weight excluding hydrogens is 893 g/mol. The van der Waals surface area contributed by atoms with Crippen LogP contribution in [0.4, 0.5) is 9.93 Å². The number of carbonyl (C=O) groups is 4. The average molecular weight is 981 g/mol. The van der Waals surface area contributed by atoms with Crippen LogP contribution in [0.3, 0.4) is 0 Å². The molecule has 3 aromatic rings. The van der Waals surface area contributed by atoms with Gasteiger partial charge in [0.05, 0.1) is 29.3 Å². The largest absolute Gasteiger partial charge is 0.497 e. The lowest BCUT2D eigenvalue weighted by Gasteiger charge is -2.33. The average Bonchev–Trinajstić information content (AvgIpc) is 3.94. The van der Waals surface area contributed by atoms with Crippen molar-refractivity contribution in [3.63, 3.8) is 0 Å². The van der Waals surface area contributed by atoms with Crippen molar-refractivity contribution in [2.45, 2.75) is 152 Å². The third kappa shape index (κ3) is 28.5. The fraction of sp³-hybridized carbons (Fsp3) is 0.673. The standard InChI is InChI=1S/C16H17N3OS.C12H23NO3.C11H25N3O2S.C6H11NO.C2H6O.C2H6/c1-10(2)17-16-19-15(9-21-16)13-7-5-11-4-6-12(20-3)8-14(11)18-13;1-3-4-5-6-7-8-10(2)11(12(15)16)13-9-14;1-7-12-10(15)13-9(11(2,3)4)8-14(5)17(6)16;1-6-3-2-4-7(6)5-8;1-3-2;1-2/h4-10H,1-3H3,(H,17,19);9-11H,3-8H2,1-2H3,(H,13,14)(H,15,16);9H,7-8H2,1-6H3,(H2,12,13,15);5-6H,2-4H2,1H3;1-2H3;1-2H3/t;;9-,17?;6-;;/m..11../s1. The quantitative estimate of drug-likeness (QED) is 0.0533. The number of nitrogens with one attached hydrogen (secondary N) is 4. The summed E-state index contributed by atoms with van der Waals surface area (Å²) in [6, 6.07) is 9.85. The number of rotatable bonds is 20. The second-order valence-electron chi connectivity index (χ2n) is 17.3. The molecule has 0 saturated carbocycles. The molecule has 3 heterocycles. The summed E-state index contributed by atoms with van der Waals surface area (Å²) in [5, 5.41) is 24.2. The summed E-state index contributed by atoms with van der Waals surface area (Å²) in [6.07, 6.45) is 12.1. The summed E-state index contributed by atoms with van der Waals surface area (Å²) in [5.74, 6) is -0.148. The number of benzene rings is 1. The van der Waals surface area contributed by atoms with Crippen molar-refractivity contribution in [1.82, 2.24) is 35.1 Å². The van der Waals surface area contributed by atoms with Crippen LogP contribution in [0, 0.1) is 11.3 Å². The second-order valence-corrected chi connectivity index (χ2v) is 19.6. The molecule has 384 valence electrons. The van der Waals surface area contributed by atoms with Crippen LogP contribution in [0.15, 0.2) is 35.7 Å². The predicted octanol–water partition coefficient (Wildman–Crippen LogP) is 9.23. The molecule has 5 N–H and O–H groups in total. The minimum Gasteiger partial charge on any atom is -0.497 e. The fourth-order valence-corrected chi connectivity index (χ4v) is 7.45. The van der Waals surface area contributed by atoms with E-state index >= 15 is 0 Å². The van der Waals surface area contributed by atoms with Crippen molar-refractivity contribution >= 4 is 63.2 Å². The van der Waals surface area contributed by atoms with Crippen LogP contribution in [0.25, 0.3) is 22.3 Å². The molecule has 67 heavy (non-hydrogen) atoms. The Balaban J connectivity index is 0. The zero-order valence-electron chi connectivity index (χ0n) is 43.7. The predicted molar refractivity (Wildman–Crippen MR) is 279 cm³/mol. The van der Waals surface area contributed by atoms with E-state index in [-0.39, 0.29) is 23.4 Å². The van der Waals surface area contributed by atoms with E-state index in [0.29, 0.717) is 31.6 Å². The maximum Gasteiger partial charge on any atom is 0.326 e. The van der Waals surface area contributed by atoms with Crippen molar-refractivity contribution in [3.8, 4) is 17.1 Å². The Labute approximate surface area is 410 Å². The van der Waals surface area contributed by atoms with Gasteiger partial charge < -0.3 is 40.7 Å². The highest BCUT2D eigenvalue weighted by molar-refractivity contribution is 7.81. The van der Waals surface area contributed by atoms with Gasteiger partial charge in [0.25, 0.3) is 0 Å². The fourth-order valence-electron chi connectivity index (χ4n) is 6.24. The normalized spacial score (nSPS) is 14.5. The van der Waals surface area contributed by atoms with Crippen LogP contribution in [0.2, 0.25) is 0 Å². The number of likely N-dealkylation sites (N-methyl/N-ethyl adjacent to an activating group) is 1. The number of urea groups is 1. The number of methoxy groups -OCH3 is 2. The summed E-state index contributed by atoms with van der Waals surface area (Å²) in [7, 11) is 5.68. The summed E-state index contributed by atoms with van der Waals surface area (Å²) in [5.41, 5.74) is 2.61. The minimum atomic E-state index is -1.02. The Hall–Kier alpha value is -4.39. The first-order chi connectivity index (χ1) is 31.7. The van der Waals surface area contributed by atoms with Gasteiger partial charge in [0, 0.05) is 75.1 Å². The van der Waals surface area contributed by atoms with Gasteiger partial charge in [-0.15, -0.1) is 11.3 Å². The van der Waals surface area contributed by atoms with E-state index in [2.05, 4.69) is 90.5 Å². The van der Waals surface area contributed by atoms with Gasteiger partial charge in [0.1, 0.15) is 17.5 Å². The van der Waals surface area contributed by atoms with Crippen molar-refractivity contribution in [1.29, 1.82) is 0 Å². The molecule has 1 saturated heterocycles. The van der Waals surface area contributed by atoms with E-state index in [0.717, 1.165) is 65.4 Å². The number of amides is 4. The van der Waals surface area contributed by atoms with E-state index in [4.69, 9.17) is 9.84 Å². The monoisotopic (exact) mass is 981 g/mol. The molecule has 3 unspecified atom stereocenters. The Morgan fingerprint density at radius 3 is 2.12 bits per heavy atom. The third-order valence-corrected chi connectivity index (χ3v) is 12.0. The van der Waals surface area contributed by atoms with Crippen LogP contribution < -0.4 is 26.0 Å². The smallest absolute Gasteiger partial charge is 0.326 e. The summed E-state index contributed by atoms with van der Waals surface area (Å²) in [4.78, 5) is 53.9. The summed E-state index contributed by atoms with van der Waals surface area (Å²) >= 11 is 1.60. The maximum atomic E-state index is 11.5. The number of unbranched alkanes of at least 4 members (excludes halogenated alkanes) is 4. The number of carbonyl (C=O) groups excluding carboxylic acids is 3. The van der Waals surface area contributed by atoms with Crippen molar-refractivity contribution < 1.29 is 38.0 Å². The number of ether oxygens (including phenoxy) is 2. The minimum absolute atomic E-state index is 0.00988. The molecule has 0 aliphatic carbocycles. The highest BCUT2D eigenvalue weighted by Crippen LogP contribution is 2.27. The molecule has 4 rings (SSSR count). The van der Waals surface area contributed by atoms with Gasteiger partial charge in [-0.2, -0.15) is 0 Å². The number of aromatic nitrogens is 2. The molecule has 4 amide bonds. The first kappa shape index (κ1) is 64.7. The van der Waals surface area contributed by atoms with E-state index in [1.54, 1.807) is 50.3 Å². The Kier molecular flexibility index (Phi) is 36.3. The first-order valence-corrected chi connectivity index (χ1v) is 25.9. The zero-order chi connectivity index (χ0) is 51.5. The van der Waals surface area contributed by atoms with Gasteiger partial charge in [0.2, 0.25) is 12.8 Å². The van der Waals surface area contributed by atoms with E-state index in [1.807, 2.05) is 62.2 Å². The lowest BCUT2D eigenvalue weighted by atomic mass is 9.87. The molecule has 1 aliphatic rings. The lowest BCUT2D eigenvalue weighted by molar-refractivity contribution is -0.142. The topological polar surface area (TPSA) is 204 Å². The number of fused-ring (bicyclic) bond motifs is 1. The molecular formula is C49H88N8O8S2. The van der Waals surface area contributed by atoms with Crippen molar-refractivity contribution in [2.75, 3.05) is 59.6 Å². The molecule has 18 heteroatoms. The van der Waals surface area contributed by atoms with Crippen LogP contribution in [0.1, 0.15) is 128 Å². The maximum absolute atomic E-state index is 11.5. The molecule has 16 nitrogen and oxygen atoms in total. The van der Waals surface area contributed by atoms with Crippen molar-refractivity contribution in [3.05, 3.63) is 35.7 Å². The van der Waals surface area contributed by atoms with E-state index in [9.17, 15) is 23.4 Å². The van der Waals surface area contributed by atoms with Gasteiger partial charge in [0.15, 0.2) is 5.13 Å². The number of anilines is 1.